The Morgan fingerprint density at radius 1 is 1.07 bits per heavy atom. The molecule has 3 aliphatic heterocycles. The maximum atomic E-state index is 13.1. The first-order valence-corrected chi connectivity index (χ1v) is 12.8. The van der Waals surface area contributed by atoms with E-state index in [9.17, 15) is 4.79 Å². The number of fused-ring (bicyclic) bond motifs is 1. The fraction of sp³-hybridized carbons (Fsp3) is 0.682. The van der Waals surface area contributed by atoms with Gasteiger partial charge in [-0.1, -0.05) is 36.8 Å². The van der Waals surface area contributed by atoms with Crippen LogP contribution in [-0.4, -0.2) is 61.2 Å². The number of quaternary nitrogens is 1. The number of hydrogen-bond acceptors (Lipinski definition) is 6. The molecule has 4 aliphatic rings. The predicted octanol–water partition coefficient (Wildman–Crippen LogP) is 2.73. The second kappa shape index (κ2) is 8.57. The van der Waals surface area contributed by atoms with Crippen molar-refractivity contribution in [2.24, 2.45) is 5.92 Å². The smallest absolute Gasteiger partial charge is 0.318 e. The molecule has 30 heavy (non-hydrogen) atoms. The van der Waals surface area contributed by atoms with Crippen LogP contribution in [0.4, 0.5) is 0 Å². The van der Waals surface area contributed by atoms with Crippen molar-refractivity contribution in [3.8, 4) is 0 Å². The molecule has 8 heteroatoms. The average Bonchev–Trinajstić information content (AvgIpc) is 3.37. The minimum Gasteiger partial charge on any atom is -0.748 e. The molecule has 3 saturated heterocycles. The van der Waals surface area contributed by atoms with Crippen LogP contribution in [-0.2, 0) is 24.5 Å². The highest BCUT2D eigenvalue weighted by molar-refractivity contribution is 7.84. The van der Waals surface area contributed by atoms with E-state index in [1.807, 2.05) is 0 Å². The Kier molecular flexibility index (Phi) is 6.21. The van der Waals surface area contributed by atoms with Crippen LogP contribution in [0, 0.1) is 5.92 Å². The first-order valence-electron chi connectivity index (χ1n) is 11.0. The highest BCUT2D eigenvalue weighted by atomic mass is 32.2. The summed E-state index contributed by atoms with van der Waals surface area (Å²) in [6.07, 6.45) is 8.55. The largest absolute Gasteiger partial charge is 0.748 e. The molecule has 0 amide bonds. The molecule has 0 N–H and O–H groups in total. The second-order valence-corrected chi connectivity index (χ2v) is 10.5. The molecule has 0 aromatic heterocycles. The molecule has 7 nitrogen and oxygen atoms in total. The summed E-state index contributed by atoms with van der Waals surface area (Å²) in [5, 5.41) is 0. The topological polar surface area (TPSA) is 92.7 Å². The van der Waals surface area contributed by atoms with E-state index in [-0.39, 0.29) is 24.1 Å². The van der Waals surface area contributed by atoms with Gasteiger partial charge in [0.15, 0.2) is 0 Å². The van der Waals surface area contributed by atoms with Crippen molar-refractivity contribution in [2.75, 3.05) is 19.3 Å². The molecular formula is C22H31NO6S. The molecule has 1 aromatic rings. The fourth-order valence-corrected chi connectivity index (χ4v) is 5.92. The molecular weight excluding hydrogens is 406 g/mol. The lowest BCUT2D eigenvalue weighted by molar-refractivity contribution is -1.09. The van der Waals surface area contributed by atoms with Gasteiger partial charge >= 0.3 is 5.97 Å². The van der Waals surface area contributed by atoms with E-state index < -0.39 is 10.1 Å². The van der Waals surface area contributed by atoms with Crippen LogP contribution in [0.2, 0.25) is 0 Å². The van der Waals surface area contributed by atoms with Gasteiger partial charge in [-0.2, -0.15) is 9.48 Å². The third-order valence-electron chi connectivity index (χ3n) is 7.06. The quantitative estimate of drug-likeness (QED) is 0.410. The number of piperidine rings is 1. The molecule has 2 bridgehead atoms. The van der Waals surface area contributed by atoms with Gasteiger partial charge in [-0.15, -0.1) is 0 Å². The number of hydrogen-bond donors (Lipinski definition) is 0. The maximum Gasteiger partial charge on any atom is 0.318 e. The zero-order valence-corrected chi connectivity index (χ0v) is 18.3. The van der Waals surface area contributed by atoms with Gasteiger partial charge in [0.25, 0.3) is 0 Å². The Bertz CT molecular complexity index is 848. The lowest BCUT2D eigenvalue weighted by Crippen LogP contribution is -2.50. The van der Waals surface area contributed by atoms with E-state index in [0.717, 1.165) is 49.8 Å². The van der Waals surface area contributed by atoms with Crippen LogP contribution < -0.4 is 0 Å². The van der Waals surface area contributed by atoms with Gasteiger partial charge in [-0.3, -0.25) is 4.79 Å². The zero-order valence-electron chi connectivity index (χ0n) is 17.4. The summed E-state index contributed by atoms with van der Waals surface area (Å²) in [7, 11) is -3.92. The average molecular weight is 438 g/mol. The molecule has 4 fully saturated rings. The van der Waals surface area contributed by atoms with Gasteiger partial charge < -0.3 is 9.29 Å². The molecule has 1 aromatic carbocycles. The fourth-order valence-electron chi connectivity index (χ4n) is 5.92. The third-order valence-corrected chi connectivity index (χ3v) is 7.06. The third kappa shape index (κ3) is 4.56. The van der Waals surface area contributed by atoms with E-state index in [1.165, 1.54) is 18.4 Å². The number of ether oxygens (including phenoxy) is 1. The molecule has 1 aliphatic carbocycles. The number of esters is 1. The molecule has 1 saturated carbocycles. The van der Waals surface area contributed by atoms with Gasteiger partial charge in [0.1, 0.15) is 37.3 Å². The summed E-state index contributed by atoms with van der Waals surface area (Å²) in [6, 6.07) is 10.9. The van der Waals surface area contributed by atoms with Gasteiger partial charge in [0.2, 0.25) is 0 Å². The van der Waals surface area contributed by atoms with Gasteiger partial charge in [0, 0.05) is 31.4 Å². The van der Waals surface area contributed by atoms with E-state index in [1.54, 1.807) is 0 Å². The van der Waals surface area contributed by atoms with Crippen molar-refractivity contribution in [3.05, 3.63) is 35.9 Å². The molecule has 1 spiro atoms. The Morgan fingerprint density at radius 2 is 1.77 bits per heavy atom. The lowest BCUT2D eigenvalue weighted by atomic mass is 9.81. The van der Waals surface area contributed by atoms with Crippen molar-refractivity contribution in [2.45, 2.75) is 69.1 Å². The van der Waals surface area contributed by atoms with Crippen molar-refractivity contribution in [1.82, 2.24) is 0 Å². The Balaban J connectivity index is 0.000000393. The number of hydroxylamine groups is 3. The standard InChI is InChI=1S/C21H28NO3.CH4O3S/c23-21(20-17-10-6-13-22(17)14-12-19(20)25-22)24-18-11-5-4-9-16(18)15-7-2-1-3-8-15;1-5(2,3)4/h1-3,7-8,16-20H,4-6,9-14H2;1H3,(H,2,3,4)/q+1;/p-1/t16-,17-,18+,19-,20+,22?;/m0./s1. The van der Waals surface area contributed by atoms with Gasteiger partial charge in [-0.05, 0) is 24.8 Å². The summed E-state index contributed by atoms with van der Waals surface area (Å²) in [6.45, 7) is 2.18. The van der Waals surface area contributed by atoms with Gasteiger partial charge in [-0.25, -0.2) is 8.42 Å². The predicted molar refractivity (Wildman–Crippen MR) is 109 cm³/mol. The number of nitrogens with zero attached hydrogens (tertiary/aromatic N) is 1. The number of benzene rings is 1. The van der Waals surface area contributed by atoms with E-state index >= 15 is 0 Å². The summed E-state index contributed by atoms with van der Waals surface area (Å²) in [4.78, 5) is 19.4. The van der Waals surface area contributed by atoms with Crippen molar-refractivity contribution >= 4 is 16.1 Å². The van der Waals surface area contributed by atoms with E-state index in [0.29, 0.717) is 18.2 Å². The van der Waals surface area contributed by atoms with Crippen LogP contribution in [0.1, 0.15) is 56.4 Å². The molecule has 3 heterocycles. The first-order chi connectivity index (χ1) is 14.3. The SMILES string of the molecule is CS(=O)(=O)[O-].O=C(O[C@@H]1CCCC[C@H]1c1ccccc1)[C@H]1[C@@H]2CC[N+]3(CCC[C@@H]13)O2. The summed E-state index contributed by atoms with van der Waals surface area (Å²) in [5.74, 6) is 0.337. The van der Waals surface area contributed by atoms with Crippen molar-refractivity contribution < 1.29 is 32.0 Å². The molecule has 6 atom stereocenters. The normalized spacial score (nSPS) is 37.2. The minimum absolute atomic E-state index is 0.0180. The summed E-state index contributed by atoms with van der Waals surface area (Å²) < 4.78 is 34.1. The van der Waals surface area contributed by atoms with Crippen molar-refractivity contribution in [1.29, 1.82) is 0 Å². The first kappa shape index (κ1) is 21.7. The number of rotatable bonds is 3. The van der Waals surface area contributed by atoms with Crippen LogP contribution in [0.15, 0.2) is 30.3 Å². The summed E-state index contributed by atoms with van der Waals surface area (Å²) in [5.41, 5.74) is 1.32. The molecule has 166 valence electrons. The highest BCUT2D eigenvalue weighted by Crippen LogP contribution is 2.49. The van der Waals surface area contributed by atoms with Crippen LogP contribution in [0.3, 0.4) is 0 Å². The molecule has 1 unspecified atom stereocenters. The van der Waals surface area contributed by atoms with Gasteiger partial charge in [0.05, 0.1) is 10.1 Å². The second-order valence-electron chi connectivity index (χ2n) is 9.05. The van der Waals surface area contributed by atoms with Crippen molar-refractivity contribution in [3.63, 3.8) is 0 Å². The Morgan fingerprint density at radius 3 is 2.50 bits per heavy atom. The van der Waals surface area contributed by atoms with Crippen LogP contribution >= 0.6 is 0 Å². The van der Waals surface area contributed by atoms with E-state index in [2.05, 4.69) is 30.3 Å². The monoisotopic (exact) mass is 437 g/mol. The Hall–Kier alpha value is -1.48. The minimum atomic E-state index is -3.92. The number of carbonyl (C=O) groups excluding carboxylic acids is 1. The van der Waals surface area contributed by atoms with E-state index in [4.69, 9.17) is 22.5 Å². The van der Waals surface area contributed by atoms with Crippen LogP contribution in [0.5, 0.6) is 0 Å². The maximum absolute atomic E-state index is 13.1. The highest BCUT2D eigenvalue weighted by Gasteiger charge is 2.66. The molecule has 5 rings (SSSR count). The zero-order chi connectivity index (χ0) is 21.4. The number of carbonyl (C=O) groups is 1. The summed E-state index contributed by atoms with van der Waals surface area (Å²) >= 11 is 0. The van der Waals surface area contributed by atoms with Crippen LogP contribution in [0.25, 0.3) is 0 Å². The lowest BCUT2D eigenvalue weighted by Gasteiger charge is -2.34. The molecule has 0 radical (unpaired) electrons. The Labute approximate surface area is 178 Å².